The molecule has 0 aliphatic heterocycles. The molecule has 0 saturated carbocycles. The van der Waals surface area contributed by atoms with Gasteiger partial charge in [-0.1, -0.05) is 63.4 Å². The van der Waals surface area contributed by atoms with E-state index in [1.54, 1.807) is 30.3 Å². The Balaban J connectivity index is 1.91. The van der Waals surface area contributed by atoms with Gasteiger partial charge in [0.15, 0.2) is 0 Å². The van der Waals surface area contributed by atoms with Crippen molar-refractivity contribution in [3.63, 3.8) is 0 Å². The summed E-state index contributed by atoms with van der Waals surface area (Å²) in [5.41, 5.74) is 4.76. The summed E-state index contributed by atoms with van der Waals surface area (Å²) in [6, 6.07) is 19.9. The lowest BCUT2D eigenvalue weighted by Crippen LogP contribution is -2.22. The lowest BCUT2D eigenvalue weighted by atomic mass is 10.1. The Bertz CT molecular complexity index is 1410. The Morgan fingerprint density at radius 1 is 1.03 bits per heavy atom. The van der Waals surface area contributed by atoms with E-state index < -0.39 is 10.0 Å². The minimum Gasteiger partial charge on any atom is -0.358 e. The zero-order valence-corrected chi connectivity index (χ0v) is 20.1. The first-order valence-corrected chi connectivity index (χ1v) is 12.2. The summed E-state index contributed by atoms with van der Waals surface area (Å²) >= 11 is 9.80. The maximum atomic E-state index is 13.2. The van der Waals surface area contributed by atoms with Gasteiger partial charge in [-0.05, 0) is 61.9 Å². The third kappa shape index (κ3) is 4.56. The number of benzene rings is 3. The number of rotatable bonds is 5. The van der Waals surface area contributed by atoms with Gasteiger partial charge in [0.25, 0.3) is 10.0 Å². The van der Waals surface area contributed by atoms with E-state index in [0.717, 1.165) is 37.8 Å². The lowest BCUT2D eigenvalue weighted by Gasteiger charge is -2.14. The topological polar surface area (TPSA) is 62.0 Å². The summed E-state index contributed by atoms with van der Waals surface area (Å²) in [6.45, 7) is 3.83. The van der Waals surface area contributed by atoms with Crippen molar-refractivity contribution in [1.82, 2.24) is 9.71 Å². The molecule has 4 nitrogen and oxygen atoms in total. The van der Waals surface area contributed by atoms with E-state index in [-0.39, 0.29) is 4.90 Å². The van der Waals surface area contributed by atoms with Crippen molar-refractivity contribution in [2.24, 2.45) is 0 Å². The Morgan fingerprint density at radius 3 is 2.45 bits per heavy atom. The molecular formula is C24H20BrClN2O2S. The van der Waals surface area contributed by atoms with Crippen LogP contribution < -0.4 is 4.72 Å². The van der Waals surface area contributed by atoms with Crippen molar-refractivity contribution in [1.29, 1.82) is 0 Å². The van der Waals surface area contributed by atoms with Crippen LogP contribution in [0.2, 0.25) is 5.02 Å². The molecule has 0 spiro atoms. The van der Waals surface area contributed by atoms with E-state index in [0.29, 0.717) is 10.7 Å². The van der Waals surface area contributed by atoms with Crippen LogP contribution >= 0.6 is 27.5 Å². The number of nitrogens with one attached hydrogen (secondary N) is 2. The SMILES string of the molecule is Cc1ccc(S(=O)(=O)N/C(=C\c2ccccc2Br)c2c(C)[nH]c3ccc(Cl)cc23)cc1. The maximum absolute atomic E-state index is 13.2. The second kappa shape index (κ2) is 8.54. The summed E-state index contributed by atoms with van der Waals surface area (Å²) in [4.78, 5) is 3.52. The third-order valence-electron chi connectivity index (χ3n) is 5.00. The van der Waals surface area contributed by atoms with Crippen LogP contribution in [0.1, 0.15) is 22.4 Å². The van der Waals surface area contributed by atoms with Gasteiger partial charge in [0.2, 0.25) is 0 Å². The average molecular weight is 516 g/mol. The van der Waals surface area contributed by atoms with E-state index in [1.165, 1.54) is 0 Å². The molecule has 0 amide bonds. The number of halogens is 2. The van der Waals surface area contributed by atoms with Gasteiger partial charge in [-0.25, -0.2) is 8.42 Å². The Hall–Kier alpha value is -2.54. The second-order valence-electron chi connectivity index (χ2n) is 7.31. The van der Waals surface area contributed by atoms with Gasteiger partial charge in [0, 0.05) is 31.7 Å². The minimum atomic E-state index is -3.81. The quantitative estimate of drug-likeness (QED) is 0.311. The molecule has 0 fully saturated rings. The highest BCUT2D eigenvalue weighted by atomic mass is 79.9. The summed E-state index contributed by atoms with van der Waals surface area (Å²) in [7, 11) is -3.81. The van der Waals surface area contributed by atoms with Crippen molar-refractivity contribution in [3.05, 3.63) is 98.6 Å². The van der Waals surface area contributed by atoms with Crippen molar-refractivity contribution in [2.75, 3.05) is 0 Å². The van der Waals surface area contributed by atoms with Gasteiger partial charge in [-0.2, -0.15) is 0 Å². The van der Waals surface area contributed by atoms with Crippen LogP contribution in [-0.2, 0) is 10.0 Å². The van der Waals surface area contributed by atoms with Gasteiger partial charge in [0.05, 0.1) is 10.6 Å². The fraction of sp³-hybridized carbons (Fsp3) is 0.0833. The molecule has 0 bridgehead atoms. The van der Waals surface area contributed by atoms with E-state index in [2.05, 4.69) is 25.6 Å². The molecule has 0 saturated heterocycles. The molecule has 0 radical (unpaired) electrons. The normalized spacial score (nSPS) is 12.3. The number of fused-ring (bicyclic) bond motifs is 1. The fourth-order valence-electron chi connectivity index (χ4n) is 3.47. The Labute approximate surface area is 195 Å². The number of sulfonamides is 1. The first kappa shape index (κ1) is 21.7. The predicted molar refractivity (Wildman–Crippen MR) is 132 cm³/mol. The first-order chi connectivity index (χ1) is 14.7. The third-order valence-corrected chi connectivity index (χ3v) is 7.34. The standard InChI is InChI=1S/C24H20BrClN2O2S/c1-15-7-10-19(11-8-15)31(29,30)28-23(13-17-5-3-4-6-21(17)25)24-16(2)27-22-12-9-18(26)14-20(22)24/h3-14,27-28H,1-2H3/b23-13-. The van der Waals surface area contributed by atoms with Gasteiger partial charge in [-0.15, -0.1) is 0 Å². The van der Waals surface area contributed by atoms with Crippen LogP contribution in [0.5, 0.6) is 0 Å². The molecule has 4 aromatic rings. The first-order valence-electron chi connectivity index (χ1n) is 9.58. The van der Waals surface area contributed by atoms with Crippen LogP contribution in [0.3, 0.4) is 0 Å². The molecule has 31 heavy (non-hydrogen) atoms. The molecule has 1 aromatic heterocycles. The van der Waals surface area contributed by atoms with Crippen LogP contribution in [0, 0.1) is 13.8 Å². The molecule has 2 N–H and O–H groups in total. The number of aromatic nitrogens is 1. The molecule has 158 valence electrons. The highest BCUT2D eigenvalue weighted by molar-refractivity contribution is 9.10. The van der Waals surface area contributed by atoms with E-state index >= 15 is 0 Å². The molecule has 0 atom stereocenters. The van der Waals surface area contributed by atoms with Crippen LogP contribution in [0.15, 0.2) is 76.1 Å². The lowest BCUT2D eigenvalue weighted by molar-refractivity contribution is 0.591. The summed E-state index contributed by atoms with van der Waals surface area (Å²) in [5, 5.41) is 1.42. The number of aryl methyl sites for hydroxylation is 2. The highest BCUT2D eigenvalue weighted by Crippen LogP contribution is 2.32. The molecule has 0 aliphatic rings. The number of H-pyrrole nitrogens is 1. The molecule has 3 aromatic carbocycles. The summed E-state index contributed by atoms with van der Waals surface area (Å²) in [6.07, 6.45) is 1.83. The summed E-state index contributed by atoms with van der Waals surface area (Å²) in [5.74, 6) is 0. The second-order valence-corrected chi connectivity index (χ2v) is 10.3. The van der Waals surface area contributed by atoms with Gasteiger partial charge >= 0.3 is 0 Å². The Kier molecular flexibility index (Phi) is 5.97. The summed E-state index contributed by atoms with van der Waals surface area (Å²) < 4.78 is 30.1. The van der Waals surface area contributed by atoms with E-state index in [9.17, 15) is 8.42 Å². The van der Waals surface area contributed by atoms with Crippen molar-refractivity contribution in [2.45, 2.75) is 18.7 Å². The monoisotopic (exact) mass is 514 g/mol. The zero-order valence-electron chi connectivity index (χ0n) is 16.9. The van der Waals surface area contributed by atoms with Gasteiger partial charge in [0.1, 0.15) is 0 Å². The molecular weight excluding hydrogens is 496 g/mol. The predicted octanol–water partition coefficient (Wildman–Crippen LogP) is 6.68. The highest BCUT2D eigenvalue weighted by Gasteiger charge is 2.21. The Morgan fingerprint density at radius 2 is 1.74 bits per heavy atom. The maximum Gasteiger partial charge on any atom is 0.261 e. The molecule has 0 unspecified atom stereocenters. The van der Waals surface area contributed by atoms with Crippen LogP contribution in [0.25, 0.3) is 22.7 Å². The smallest absolute Gasteiger partial charge is 0.261 e. The average Bonchev–Trinajstić information content (AvgIpc) is 3.04. The zero-order chi connectivity index (χ0) is 22.2. The number of hydrogen-bond acceptors (Lipinski definition) is 2. The molecule has 1 heterocycles. The van der Waals surface area contributed by atoms with Crippen molar-refractivity contribution >= 4 is 60.2 Å². The largest absolute Gasteiger partial charge is 0.358 e. The van der Waals surface area contributed by atoms with Gasteiger partial charge in [-0.3, -0.25) is 4.72 Å². The van der Waals surface area contributed by atoms with E-state index in [1.807, 2.05) is 56.3 Å². The minimum absolute atomic E-state index is 0.201. The molecule has 4 rings (SSSR count). The van der Waals surface area contributed by atoms with E-state index in [4.69, 9.17) is 11.6 Å². The molecule has 0 aliphatic carbocycles. The number of aromatic amines is 1. The van der Waals surface area contributed by atoms with Crippen molar-refractivity contribution < 1.29 is 8.42 Å². The van der Waals surface area contributed by atoms with Gasteiger partial charge < -0.3 is 4.98 Å². The van der Waals surface area contributed by atoms with Crippen LogP contribution in [-0.4, -0.2) is 13.4 Å². The molecule has 7 heteroatoms. The number of hydrogen-bond donors (Lipinski definition) is 2. The fourth-order valence-corrected chi connectivity index (χ4v) is 5.10. The van der Waals surface area contributed by atoms with Crippen LogP contribution in [0.4, 0.5) is 0 Å². The van der Waals surface area contributed by atoms with Crippen molar-refractivity contribution in [3.8, 4) is 0 Å².